The topological polar surface area (TPSA) is 72.0 Å². The Bertz CT molecular complexity index is 569. The molecule has 0 atom stereocenters. The van der Waals surface area contributed by atoms with Gasteiger partial charge in [-0.3, -0.25) is 0 Å². The van der Waals surface area contributed by atoms with Crippen LogP contribution in [0.2, 0.25) is 0 Å². The summed E-state index contributed by atoms with van der Waals surface area (Å²) in [4.78, 5) is 12.5. The van der Waals surface area contributed by atoms with Crippen molar-refractivity contribution in [2.24, 2.45) is 0 Å². The first-order chi connectivity index (χ1) is 10.2. The first-order valence-electron chi connectivity index (χ1n) is 6.82. The van der Waals surface area contributed by atoms with Crippen molar-refractivity contribution < 1.29 is 9.13 Å². The fourth-order valence-electron chi connectivity index (χ4n) is 1.69. The van der Waals surface area contributed by atoms with Crippen molar-refractivity contribution in [2.45, 2.75) is 20.4 Å². The number of aromatic nitrogens is 3. The summed E-state index contributed by atoms with van der Waals surface area (Å²) in [5, 5.41) is 6.05. The normalized spacial score (nSPS) is 10.2. The van der Waals surface area contributed by atoms with Crippen LogP contribution in [0.25, 0.3) is 0 Å². The molecule has 21 heavy (non-hydrogen) atoms. The molecular weight excluding hydrogens is 273 g/mol. The first-order valence-corrected chi connectivity index (χ1v) is 6.82. The molecule has 0 saturated carbocycles. The molecule has 0 fully saturated rings. The zero-order valence-electron chi connectivity index (χ0n) is 12.1. The van der Waals surface area contributed by atoms with E-state index < -0.39 is 0 Å². The maximum absolute atomic E-state index is 13.1. The summed E-state index contributed by atoms with van der Waals surface area (Å²) in [7, 11) is 0. The lowest BCUT2D eigenvalue weighted by Crippen LogP contribution is -2.10. The van der Waals surface area contributed by atoms with Gasteiger partial charge >= 0.3 is 6.01 Å². The van der Waals surface area contributed by atoms with Gasteiger partial charge in [-0.25, -0.2) is 4.39 Å². The third-order valence-electron chi connectivity index (χ3n) is 2.56. The molecule has 1 aromatic carbocycles. The minimum absolute atomic E-state index is 0.255. The Balaban J connectivity index is 2.10. The summed E-state index contributed by atoms with van der Waals surface area (Å²) in [6.45, 7) is 5.39. The van der Waals surface area contributed by atoms with Crippen LogP contribution in [0.15, 0.2) is 24.3 Å². The molecule has 112 valence electrons. The Kier molecular flexibility index (Phi) is 5.25. The lowest BCUT2D eigenvalue weighted by Gasteiger charge is -2.09. The van der Waals surface area contributed by atoms with Crippen molar-refractivity contribution in [3.63, 3.8) is 0 Å². The van der Waals surface area contributed by atoms with Gasteiger partial charge in [-0.2, -0.15) is 15.0 Å². The number of benzene rings is 1. The lowest BCUT2D eigenvalue weighted by molar-refractivity contribution is 0.312. The SMILES string of the molecule is CCNc1nc(NCc2cccc(F)c2)nc(OCC)n1. The van der Waals surface area contributed by atoms with Gasteiger partial charge in [0.2, 0.25) is 11.9 Å². The fraction of sp³-hybridized carbons (Fsp3) is 0.357. The Hall–Kier alpha value is -2.44. The number of nitrogens with zero attached hydrogens (tertiary/aromatic N) is 3. The summed E-state index contributed by atoms with van der Waals surface area (Å²) in [6.07, 6.45) is 0. The average Bonchev–Trinajstić information content (AvgIpc) is 2.46. The highest BCUT2D eigenvalue weighted by atomic mass is 19.1. The molecule has 1 heterocycles. The molecule has 0 aliphatic rings. The zero-order chi connectivity index (χ0) is 15.1. The predicted molar refractivity (Wildman–Crippen MR) is 78.9 cm³/mol. The third kappa shape index (κ3) is 4.55. The molecule has 0 aliphatic heterocycles. The van der Waals surface area contributed by atoms with Crippen LogP contribution >= 0.6 is 0 Å². The summed E-state index contributed by atoms with van der Waals surface area (Å²) >= 11 is 0. The summed E-state index contributed by atoms with van der Waals surface area (Å²) in [5.41, 5.74) is 0.804. The molecule has 0 saturated heterocycles. The van der Waals surface area contributed by atoms with E-state index in [2.05, 4.69) is 25.6 Å². The van der Waals surface area contributed by atoms with E-state index in [-0.39, 0.29) is 11.8 Å². The van der Waals surface area contributed by atoms with E-state index in [4.69, 9.17) is 4.74 Å². The highest BCUT2D eigenvalue weighted by Gasteiger charge is 2.06. The van der Waals surface area contributed by atoms with Gasteiger partial charge in [0.05, 0.1) is 6.61 Å². The molecule has 6 nitrogen and oxygen atoms in total. The largest absolute Gasteiger partial charge is 0.464 e. The minimum Gasteiger partial charge on any atom is -0.464 e. The quantitative estimate of drug-likeness (QED) is 0.816. The Morgan fingerprint density at radius 1 is 1.10 bits per heavy atom. The molecule has 0 bridgehead atoms. The van der Waals surface area contributed by atoms with Gasteiger partial charge in [0.1, 0.15) is 5.82 Å². The molecule has 2 aromatic rings. The van der Waals surface area contributed by atoms with E-state index in [0.717, 1.165) is 5.56 Å². The molecule has 0 radical (unpaired) electrons. The first kappa shape index (κ1) is 15.0. The number of hydrogen-bond acceptors (Lipinski definition) is 6. The maximum Gasteiger partial charge on any atom is 0.323 e. The summed E-state index contributed by atoms with van der Waals surface area (Å²) < 4.78 is 18.4. The van der Waals surface area contributed by atoms with E-state index in [1.807, 2.05) is 19.9 Å². The molecule has 0 aliphatic carbocycles. The number of halogens is 1. The van der Waals surface area contributed by atoms with Crippen LogP contribution in [-0.4, -0.2) is 28.1 Å². The van der Waals surface area contributed by atoms with Crippen LogP contribution in [0.1, 0.15) is 19.4 Å². The molecule has 2 N–H and O–H groups in total. The van der Waals surface area contributed by atoms with Gasteiger partial charge in [-0.15, -0.1) is 0 Å². The van der Waals surface area contributed by atoms with Gasteiger partial charge in [0.25, 0.3) is 0 Å². The highest BCUT2D eigenvalue weighted by molar-refractivity contribution is 5.36. The van der Waals surface area contributed by atoms with Crippen molar-refractivity contribution in [3.05, 3.63) is 35.6 Å². The highest BCUT2D eigenvalue weighted by Crippen LogP contribution is 2.12. The van der Waals surface area contributed by atoms with Crippen LogP contribution in [-0.2, 0) is 6.54 Å². The molecule has 0 amide bonds. The molecule has 0 spiro atoms. The van der Waals surface area contributed by atoms with Crippen molar-refractivity contribution in [3.8, 4) is 6.01 Å². The standard InChI is InChI=1S/C14H18FN5O/c1-3-16-12-18-13(20-14(19-12)21-4-2)17-9-10-6-5-7-11(15)8-10/h5-8H,3-4,9H2,1-2H3,(H2,16,17,18,19,20). The van der Waals surface area contributed by atoms with E-state index in [0.29, 0.717) is 31.6 Å². The third-order valence-corrected chi connectivity index (χ3v) is 2.56. The van der Waals surface area contributed by atoms with E-state index in [1.54, 1.807) is 6.07 Å². The van der Waals surface area contributed by atoms with Crippen molar-refractivity contribution in [2.75, 3.05) is 23.8 Å². The van der Waals surface area contributed by atoms with Crippen LogP contribution in [0, 0.1) is 5.82 Å². The number of anilines is 2. The number of ether oxygens (including phenoxy) is 1. The van der Waals surface area contributed by atoms with Crippen LogP contribution < -0.4 is 15.4 Å². The fourth-order valence-corrected chi connectivity index (χ4v) is 1.69. The van der Waals surface area contributed by atoms with Gasteiger partial charge in [0, 0.05) is 13.1 Å². The van der Waals surface area contributed by atoms with E-state index in [1.165, 1.54) is 12.1 Å². The lowest BCUT2D eigenvalue weighted by atomic mass is 10.2. The molecule has 0 unspecified atom stereocenters. The maximum atomic E-state index is 13.1. The molecule has 7 heteroatoms. The monoisotopic (exact) mass is 291 g/mol. The van der Waals surface area contributed by atoms with Gasteiger partial charge in [-0.05, 0) is 31.5 Å². The van der Waals surface area contributed by atoms with Crippen LogP contribution in [0.4, 0.5) is 16.3 Å². The zero-order valence-corrected chi connectivity index (χ0v) is 12.1. The van der Waals surface area contributed by atoms with Crippen molar-refractivity contribution >= 4 is 11.9 Å². The second-order valence-electron chi connectivity index (χ2n) is 4.21. The Morgan fingerprint density at radius 2 is 1.86 bits per heavy atom. The minimum atomic E-state index is -0.270. The van der Waals surface area contributed by atoms with Crippen LogP contribution in [0.5, 0.6) is 6.01 Å². The second-order valence-corrected chi connectivity index (χ2v) is 4.21. The Morgan fingerprint density at radius 3 is 2.52 bits per heavy atom. The average molecular weight is 291 g/mol. The Labute approximate surface area is 122 Å². The number of hydrogen-bond donors (Lipinski definition) is 2. The van der Waals surface area contributed by atoms with Gasteiger partial charge in [0.15, 0.2) is 0 Å². The molecule has 1 aromatic heterocycles. The number of nitrogens with one attached hydrogen (secondary N) is 2. The summed E-state index contributed by atoms with van der Waals surface area (Å²) in [6, 6.07) is 6.61. The predicted octanol–water partition coefficient (Wildman–Crippen LogP) is 2.45. The summed E-state index contributed by atoms with van der Waals surface area (Å²) in [5.74, 6) is 0.555. The van der Waals surface area contributed by atoms with Gasteiger partial charge < -0.3 is 15.4 Å². The molecular formula is C14H18FN5O. The van der Waals surface area contributed by atoms with Crippen molar-refractivity contribution in [1.82, 2.24) is 15.0 Å². The van der Waals surface area contributed by atoms with Crippen molar-refractivity contribution in [1.29, 1.82) is 0 Å². The second kappa shape index (κ2) is 7.37. The molecule has 2 rings (SSSR count). The van der Waals surface area contributed by atoms with Gasteiger partial charge in [-0.1, -0.05) is 12.1 Å². The van der Waals surface area contributed by atoms with E-state index in [9.17, 15) is 4.39 Å². The van der Waals surface area contributed by atoms with Crippen LogP contribution in [0.3, 0.4) is 0 Å². The smallest absolute Gasteiger partial charge is 0.323 e. The number of rotatable bonds is 7. The van der Waals surface area contributed by atoms with E-state index >= 15 is 0 Å².